The topological polar surface area (TPSA) is 69.6 Å². The fourth-order valence-corrected chi connectivity index (χ4v) is 2.07. The lowest BCUT2D eigenvalue weighted by Gasteiger charge is -2.08. The average molecular weight is 283 g/mol. The van der Waals surface area contributed by atoms with Gasteiger partial charge in [-0.25, -0.2) is 4.98 Å². The number of aromatic nitrogens is 2. The number of nitrogens with one attached hydrogen (secondary N) is 2. The average Bonchev–Trinajstić information content (AvgIpc) is 2.21. The number of halogens is 3. The summed E-state index contributed by atoms with van der Waals surface area (Å²) in [4.78, 5) is 16.4. The van der Waals surface area contributed by atoms with Crippen molar-refractivity contribution in [3.63, 3.8) is 0 Å². The van der Waals surface area contributed by atoms with Crippen molar-refractivity contribution in [3.8, 4) is 0 Å². The molecule has 0 saturated carbocycles. The Bertz CT molecular complexity index is 498. The second kappa shape index (κ2) is 5.13. The minimum absolute atomic E-state index is 0.0114. The van der Waals surface area contributed by atoms with E-state index in [9.17, 15) is 18.0 Å². The van der Waals surface area contributed by atoms with Crippen molar-refractivity contribution in [2.45, 2.75) is 18.0 Å². The Hall–Kier alpha value is -0.960. The quantitative estimate of drug-likeness (QED) is 0.472. The molecule has 0 unspecified atom stereocenters. The number of alkyl halides is 3. The Morgan fingerprint density at radius 2 is 2.06 bits per heavy atom. The van der Waals surface area contributed by atoms with Gasteiger partial charge < -0.3 is 4.98 Å². The van der Waals surface area contributed by atoms with Gasteiger partial charge in [-0.05, 0) is 13.2 Å². The van der Waals surface area contributed by atoms with E-state index in [-0.39, 0.29) is 15.0 Å². The van der Waals surface area contributed by atoms with Crippen LogP contribution in [0.4, 0.5) is 13.2 Å². The predicted molar refractivity (Wildman–Crippen MR) is 61.7 cm³/mol. The zero-order valence-corrected chi connectivity index (χ0v) is 10.4. The van der Waals surface area contributed by atoms with E-state index < -0.39 is 17.6 Å². The number of hydrogen-bond donors (Lipinski definition) is 2. The van der Waals surface area contributed by atoms with Crippen molar-refractivity contribution in [2.75, 3.05) is 6.26 Å². The summed E-state index contributed by atoms with van der Waals surface area (Å²) in [5.41, 5.74) is -0.918. The monoisotopic (exact) mass is 283 g/mol. The normalized spacial score (nSPS) is 11.6. The van der Waals surface area contributed by atoms with Gasteiger partial charge in [0.15, 0.2) is 0 Å². The van der Waals surface area contributed by atoms with Crippen LogP contribution in [0.1, 0.15) is 11.5 Å². The van der Waals surface area contributed by atoms with Gasteiger partial charge in [-0.2, -0.15) is 13.2 Å². The van der Waals surface area contributed by atoms with Crippen LogP contribution >= 0.6 is 23.5 Å². The molecule has 0 aliphatic heterocycles. The summed E-state index contributed by atoms with van der Waals surface area (Å²) in [5.74, 6) is -1.32. The Balaban J connectivity index is 3.21. The van der Waals surface area contributed by atoms with Crippen LogP contribution in [0.2, 0.25) is 0 Å². The maximum absolute atomic E-state index is 12.3. The smallest absolute Gasteiger partial charge is 0.302 e. The molecule has 0 bridgehead atoms. The van der Waals surface area contributed by atoms with Crippen LogP contribution < -0.4 is 5.56 Å². The van der Waals surface area contributed by atoms with Gasteiger partial charge in [-0.1, -0.05) is 11.8 Å². The largest absolute Gasteiger partial charge is 0.449 e. The van der Waals surface area contributed by atoms with Gasteiger partial charge in [0.1, 0.15) is 9.27 Å². The number of aromatic amines is 1. The molecule has 0 aliphatic carbocycles. The van der Waals surface area contributed by atoms with Crippen LogP contribution in [0, 0.1) is 12.3 Å². The molecule has 0 fully saturated rings. The molecule has 17 heavy (non-hydrogen) atoms. The molecule has 1 aromatic rings. The SMILES string of the molecule is CSC(=N)Sc1c(C)nc(C(F)(F)F)[nH]c1=O. The lowest BCUT2D eigenvalue weighted by atomic mass is 10.4. The number of nitrogens with zero attached hydrogens (tertiary/aromatic N) is 1. The molecule has 0 aliphatic rings. The Morgan fingerprint density at radius 3 is 2.47 bits per heavy atom. The summed E-state index contributed by atoms with van der Waals surface area (Å²) in [5, 5.41) is 7.37. The van der Waals surface area contributed by atoms with Crippen LogP contribution in [-0.2, 0) is 6.18 Å². The summed E-state index contributed by atoms with van der Waals surface area (Å²) in [6.45, 7) is 1.31. The molecule has 94 valence electrons. The fraction of sp³-hybridized carbons (Fsp3) is 0.375. The first-order valence-corrected chi connectivity index (χ1v) is 6.28. The number of thioether (sulfide) groups is 2. The molecule has 0 radical (unpaired) electrons. The first kappa shape index (κ1) is 14.1. The Kier molecular flexibility index (Phi) is 4.26. The van der Waals surface area contributed by atoms with E-state index in [1.165, 1.54) is 6.92 Å². The van der Waals surface area contributed by atoms with Crippen molar-refractivity contribution in [3.05, 3.63) is 21.9 Å². The molecule has 0 aromatic carbocycles. The maximum atomic E-state index is 12.3. The minimum Gasteiger partial charge on any atom is -0.302 e. The number of H-pyrrole nitrogens is 1. The third-order valence-electron chi connectivity index (χ3n) is 1.69. The molecule has 0 atom stereocenters. The predicted octanol–water partition coefficient (Wildman–Crippen LogP) is 2.49. The summed E-state index contributed by atoms with van der Waals surface area (Å²) in [6, 6.07) is 0. The zero-order chi connectivity index (χ0) is 13.2. The van der Waals surface area contributed by atoms with E-state index in [0.29, 0.717) is 0 Å². The van der Waals surface area contributed by atoms with Gasteiger partial charge in [-0.15, -0.1) is 11.8 Å². The fourth-order valence-electron chi connectivity index (χ4n) is 0.964. The van der Waals surface area contributed by atoms with E-state index in [1.807, 2.05) is 0 Å². The van der Waals surface area contributed by atoms with Gasteiger partial charge in [0.05, 0.1) is 5.69 Å². The highest BCUT2D eigenvalue weighted by atomic mass is 32.2. The minimum atomic E-state index is -4.68. The van der Waals surface area contributed by atoms with E-state index >= 15 is 0 Å². The molecule has 1 heterocycles. The highest BCUT2D eigenvalue weighted by Gasteiger charge is 2.34. The third kappa shape index (κ3) is 3.50. The molecule has 0 saturated heterocycles. The van der Waals surface area contributed by atoms with Crippen molar-refractivity contribution in [1.29, 1.82) is 5.41 Å². The van der Waals surface area contributed by atoms with Crippen LogP contribution in [-0.4, -0.2) is 20.6 Å². The van der Waals surface area contributed by atoms with Crippen LogP contribution in [0.5, 0.6) is 0 Å². The molecule has 1 aromatic heterocycles. The Labute approximate surface area is 103 Å². The lowest BCUT2D eigenvalue weighted by Crippen LogP contribution is -2.21. The van der Waals surface area contributed by atoms with E-state index in [4.69, 9.17) is 5.41 Å². The van der Waals surface area contributed by atoms with Crippen molar-refractivity contribution in [2.24, 2.45) is 0 Å². The first-order chi connectivity index (χ1) is 7.75. The molecular formula is C8H8F3N3OS2. The van der Waals surface area contributed by atoms with Crippen molar-refractivity contribution >= 4 is 27.9 Å². The third-order valence-corrected chi connectivity index (χ3v) is 3.69. The second-order valence-electron chi connectivity index (χ2n) is 2.92. The first-order valence-electron chi connectivity index (χ1n) is 4.24. The molecule has 0 amide bonds. The molecular weight excluding hydrogens is 275 g/mol. The van der Waals surface area contributed by atoms with E-state index in [2.05, 4.69) is 4.98 Å². The van der Waals surface area contributed by atoms with Crippen LogP contribution in [0.15, 0.2) is 9.69 Å². The standard InChI is InChI=1S/C8H8F3N3OS2/c1-3-4(17-7(12)16-2)5(15)14-6(13-3)8(9,10)11/h12H,1-2H3,(H,13,14,15). The van der Waals surface area contributed by atoms with Gasteiger partial charge in [0, 0.05) is 0 Å². The maximum Gasteiger partial charge on any atom is 0.449 e. The molecule has 2 N–H and O–H groups in total. The molecule has 4 nitrogen and oxygen atoms in total. The van der Waals surface area contributed by atoms with Gasteiger partial charge in [-0.3, -0.25) is 10.2 Å². The van der Waals surface area contributed by atoms with Crippen LogP contribution in [0.25, 0.3) is 0 Å². The van der Waals surface area contributed by atoms with Crippen molar-refractivity contribution < 1.29 is 13.2 Å². The highest BCUT2D eigenvalue weighted by Crippen LogP contribution is 2.28. The molecule has 0 spiro atoms. The zero-order valence-electron chi connectivity index (χ0n) is 8.81. The number of hydrogen-bond acceptors (Lipinski definition) is 5. The van der Waals surface area contributed by atoms with E-state index in [0.717, 1.165) is 23.5 Å². The summed E-state index contributed by atoms with van der Waals surface area (Å²) < 4.78 is 37.1. The number of rotatable bonds is 1. The van der Waals surface area contributed by atoms with Crippen molar-refractivity contribution in [1.82, 2.24) is 9.97 Å². The summed E-state index contributed by atoms with van der Waals surface area (Å²) in [7, 11) is 0. The molecule has 9 heteroatoms. The van der Waals surface area contributed by atoms with Gasteiger partial charge in [0.25, 0.3) is 5.56 Å². The Morgan fingerprint density at radius 1 is 1.47 bits per heavy atom. The van der Waals surface area contributed by atoms with Crippen LogP contribution in [0.3, 0.4) is 0 Å². The van der Waals surface area contributed by atoms with Gasteiger partial charge in [0.2, 0.25) is 5.82 Å². The summed E-state index contributed by atoms with van der Waals surface area (Å²) >= 11 is 1.88. The second-order valence-corrected chi connectivity index (χ2v) is 5.02. The van der Waals surface area contributed by atoms with Gasteiger partial charge >= 0.3 is 6.18 Å². The highest BCUT2D eigenvalue weighted by molar-refractivity contribution is 8.38. The van der Waals surface area contributed by atoms with E-state index in [1.54, 1.807) is 11.2 Å². The lowest BCUT2D eigenvalue weighted by molar-refractivity contribution is -0.145. The number of aryl methyl sites for hydroxylation is 1. The summed E-state index contributed by atoms with van der Waals surface area (Å²) in [6.07, 6.45) is -3.05. The molecule has 1 rings (SSSR count).